The monoisotopic (exact) mass is 155 g/mol. The van der Waals surface area contributed by atoms with Crippen LogP contribution in [0.15, 0.2) is 5.38 Å². The van der Waals surface area contributed by atoms with Crippen molar-refractivity contribution in [2.24, 2.45) is 0 Å². The first-order valence-corrected chi connectivity index (χ1v) is 4.07. The average Bonchev–Trinajstić information content (AvgIpc) is 2.34. The van der Waals surface area contributed by atoms with Crippen LogP contribution in [-0.2, 0) is 6.42 Å². The van der Waals surface area contributed by atoms with Crippen LogP contribution in [0.25, 0.3) is 0 Å². The van der Waals surface area contributed by atoms with Crippen molar-refractivity contribution in [1.82, 2.24) is 4.98 Å². The van der Waals surface area contributed by atoms with E-state index in [4.69, 9.17) is 0 Å². The van der Waals surface area contributed by atoms with E-state index in [9.17, 15) is 4.79 Å². The topological polar surface area (TPSA) is 30.0 Å². The molecule has 1 rings (SSSR count). The van der Waals surface area contributed by atoms with Crippen LogP contribution in [-0.4, -0.2) is 10.8 Å². The molecule has 0 N–H and O–H groups in total. The summed E-state index contributed by atoms with van der Waals surface area (Å²) >= 11 is 1.55. The number of hydrogen-bond acceptors (Lipinski definition) is 3. The molecule has 0 fully saturated rings. The first-order chi connectivity index (χ1) is 4.74. The lowest BCUT2D eigenvalue weighted by atomic mass is 10.3. The normalized spacial score (nSPS) is 9.80. The van der Waals surface area contributed by atoms with Gasteiger partial charge in [0.25, 0.3) is 0 Å². The van der Waals surface area contributed by atoms with E-state index in [0.29, 0.717) is 5.69 Å². The Bertz CT molecular complexity index is 242. The maximum atomic E-state index is 10.7. The van der Waals surface area contributed by atoms with Gasteiger partial charge in [-0.3, -0.25) is 4.79 Å². The molecule has 10 heavy (non-hydrogen) atoms. The van der Waals surface area contributed by atoms with Crippen molar-refractivity contribution >= 4 is 17.1 Å². The molecule has 0 aliphatic carbocycles. The van der Waals surface area contributed by atoms with Crippen molar-refractivity contribution < 1.29 is 4.79 Å². The van der Waals surface area contributed by atoms with Gasteiger partial charge < -0.3 is 0 Å². The third kappa shape index (κ3) is 1.42. The SMILES string of the molecule is CCc1nc(C(C)=O)cs1. The number of rotatable bonds is 2. The summed E-state index contributed by atoms with van der Waals surface area (Å²) < 4.78 is 0. The van der Waals surface area contributed by atoms with Gasteiger partial charge >= 0.3 is 0 Å². The summed E-state index contributed by atoms with van der Waals surface area (Å²) in [5.74, 6) is 0.0518. The van der Waals surface area contributed by atoms with Crippen molar-refractivity contribution in [1.29, 1.82) is 0 Å². The van der Waals surface area contributed by atoms with Gasteiger partial charge in [-0.15, -0.1) is 11.3 Å². The molecule has 0 aromatic carbocycles. The number of aromatic nitrogens is 1. The summed E-state index contributed by atoms with van der Waals surface area (Å²) in [6.45, 7) is 3.57. The Labute approximate surface area is 63.9 Å². The lowest BCUT2D eigenvalue weighted by Gasteiger charge is -1.83. The van der Waals surface area contributed by atoms with Crippen molar-refractivity contribution in [3.8, 4) is 0 Å². The van der Waals surface area contributed by atoms with Crippen LogP contribution in [0.5, 0.6) is 0 Å². The minimum absolute atomic E-state index is 0.0518. The van der Waals surface area contributed by atoms with Gasteiger partial charge in [-0.2, -0.15) is 0 Å². The summed E-state index contributed by atoms with van der Waals surface area (Å²) in [6, 6.07) is 0. The lowest BCUT2D eigenvalue weighted by Crippen LogP contribution is -1.91. The summed E-state index contributed by atoms with van der Waals surface area (Å²) in [6.07, 6.45) is 0.915. The molecule has 0 aliphatic heterocycles. The van der Waals surface area contributed by atoms with E-state index >= 15 is 0 Å². The number of carbonyl (C=O) groups excluding carboxylic acids is 1. The van der Waals surface area contributed by atoms with Crippen LogP contribution >= 0.6 is 11.3 Å². The Morgan fingerprint density at radius 1 is 1.80 bits per heavy atom. The van der Waals surface area contributed by atoms with E-state index in [1.165, 1.54) is 6.92 Å². The fraction of sp³-hybridized carbons (Fsp3) is 0.429. The molecule has 0 bridgehead atoms. The smallest absolute Gasteiger partial charge is 0.178 e. The molecule has 0 unspecified atom stereocenters. The number of thiazole rings is 1. The summed E-state index contributed by atoms with van der Waals surface area (Å²) in [5.41, 5.74) is 0.599. The van der Waals surface area contributed by atoms with Crippen LogP contribution in [0, 0.1) is 0 Å². The Morgan fingerprint density at radius 2 is 2.50 bits per heavy atom. The third-order valence-corrected chi connectivity index (χ3v) is 2.21. The average molecular weight is 155 g/mol. The van der Waals surface area contributed by atoms with E-state index in [1.807, 2.05) is 6.92 Å². The number of aryl methyl sites for hydroxylation is 1. The van der Waals surface area contributed by atoms with Gasteiger partial charge in [0.1, 0.15) is 5.69 Å². The molecule has 3 heteroatoms. The Hall–Kier alpha value is -0.700. The molecular formula is C7H9NOS. The van der Waals surface area contributed by atoms with Crippen molar-refractivity contribution in [2.75, 3.05) is 0 Å². The van der Waals surface area contributed by atoms with E-state index in [-0.39, 0.29) is 5.78 Å². The third-order valence-electron chi connectivity index (χ3n) is 1.21. The molecule has 0 spiro atoms. The van der Waals surface area contributed by atoms with Gasteiger partial charge in [-0.25, -0.2) is 4.98 Å². The van der Waals surface area contributed by atoms with Gasteiger partial charge in [-0.05, 0) is 6.42 Å². The summed E-state index contributed by atoms with van der Waals surface area (Å²) in [4.78, 5) is 14.8. The highest BCUT2D eigenvalue weighted by atomic mass is 32.1. The first-order valence-electron chi connectivity index (χ1n) is 3.19. The number of nitrogens with zero attached hydrogens (tertiary/aromatic N) is 1. The predicted molar refractivity (Wildman–Crippen MR) is 41.5 cm³/mol. The fourth-order valence-corrected chi connectivity index (χ4v) is 1.42. The molecule has 1 heterocycles. The number of carbonyl (C=O) groups is 1. The van der Waals surface area contributed by atoms with Crippen molar-refractivity contribution in [3.63, 3.8) is 0 Å². The Morgan fingerprint density at radius 3 is 2.80 bits per heavy atom. The van der Waals surface area contributed by atoms with E-state index in [0.717, 1.165) is 11.4 Å². The standard InChI is InChI=1S/C7H9NOS/c1-3-7-8-6(4-10-7)5(2)9/h4H,3H2,1-2H3. The molecule has 0 amide bonds. The second-order valence-electron chi connectivity index (χ2n) is 2.04. The van der Waals surface area contributed by atoms with Crippen LogP contribution in [0.2, 0.25) is 0 Å². The molecule has 0 aliphatic rings. The predicted octanol–water partition coefficient (Wildman–Crippen LogP) is 1.91. The van der Waals surface area contributed by atoms with Gasteiger partial charge in [0.2, 0.25) is 0 Å². The molecule has 0 saturated heterocycles. The van der Waals surface area contributed by atoms with E-state index < -0.39 is 0 Å². The maximum absolute atomic E-state index is 10.7. The molecular weight excluding hydrogens is 146 g/mol. The summed E-state index contributed by atoms with van der Waals surface area (Å²) in [7, 11) is 0. The maximum Gasteiger partial charge on any atom is 0.178 e. The van der Waals surface area contributed by atoms with Crippen molar-refractivity contribution in [2.45, 2.75) is 20.3 Å². The second-order valence-corrected chi connectivity index (χ2v) is 2.98. The van der Waals surface area contributed by atoms with Crippen molar-refractivity contribution in [3.05, 3.63) is 16.1 Å². The first kappa shape index (κ1) is 7.41. The quantitative estimate of drug-likeness (QED) is 0.610. The van der Waals surface area contributed by atoms with Crippen LogP contribution < -0.4 is 0 Å². The van der Waals surface area contributed by atoms with Crippen LogP contribution in [0.1, 0.15) is 29.3 Å². The number of ketones is 1. The lowest BCUT2D eigenvalue weighted by molar-refractivity contribution is 0.101. The zero-order valence-corrected chi connectivity index (χ0v) is 6.86. The minimum Gasteiger partial charge on any atom is -0.293 e. The molecule has 2 nitrogen and oxygen atoms in total. The van der Waals surface area contributed by atoms with E-state index in [1.54, 1.807) is 16.7 Å². The number of hydrogen-bond donors (Lipinski definition) is 0. The molecule has 0 radical (unpaired) electrons. The Kier molecular flexibility index (Phi) is 2.17. The molecule has 1 aromatic heterocycles. The zero-order chi connectivity index (χ0) is 7.56. The van der Waals surface area contributed by atoms with Gasteiger partial charge in [0.05, 0.1) is 5.01 Å². The molecule has 1 aromatic rings. The number of Topliss-reactive ketones (excluding diaryl/α,β-unsaturated/α-hetero) is 1. The highest BCUT2D eigenvalue weighted by Crippen LogP contribution is 2.09. The van der Waals surface area contributed by atoms with E-state index in [2.05, 4.69) is 4.98 Å². The van der Waals surface area contributed by atoms with Crippen LogP contribution in [0.4, 0.5) is 0 Å². The minimum atomic E-state index is 0.0518. The summed E-state index contributed by atoms with van der Waals surface area (Å²) in [5, 5.41) is 2.84. The molecule has 54 valence electrons. The van der Waals surface area contributed by atoms with Gasteiger partial charge in [0.15, 0.2) is 5.78 Å². The highest BCUT2D eigenvalue weighted by molar-refractivity contribution is 7.09. The van der Waals surface area contributed by atoms with Crippen LogP contribution in [0.3, 0.4) is 0 Å². The highest BCUT2D eigenvalue weighted by Gasteiger charge is 2.02. The largest absolute Gasteiger partial charge is 0.293 e. The molecule has 0 saturated carbocycles. The zero-order valence-electron chi connectivity index (χ0n) is 6.05. The fourth-order valence-electron chi connectivity index (χ4n) is 0.635. The second kappa shape index (κ2) is 2.92. The van der Waals surface area contributed by atoms with Gasteiger partial charge in [0, 0.05) is 12.3 Å². The van der Waals surface area contributed by atoms with Gasteiger partial charge in [-0.1, -0.05) is 6.92 Å². The Balaban J connectivity index is 2.88. The molecule has 0 atom stereocenters.